The first-order valence-electron chi connectivity index (χ1n) is 7.72. The van der Waals surface area contributed by atoms with Crippen LogP contribution in [0.4, 0.5) is 0 Å². The van der Waals surface area contributed by atoms with E-state index in [9.17, 15) is 13.2 Å². The Morgan fingerprint density at radius 3 is 2.62 bits per heavy atom. The summed E-state index contributed by atoms with van der Waals surface area (Å²) in [5, 5.41) is 1.85. The third-order valence-electron chi connectivity index (χ3n) is 3.74. The smallest absolute Gasteiger partial charge is 0.241 e. The number of sulfonamides is 1. The van der Waals surface area contributed by atoms with Crippen LogP contribution in [0.25, 0.3) is 0 Å². The Labute approximate surface area is 160 Å². The maximum atomic E-state index is 12.5. The monoisotopic (exact) mass is 407 g/mol. The molecule has 8 heteroatoms. The molecule has 0 saturated carbocycles. The molecular weight excluding hydrogens is 390 g/mol. The van der Waals surface area contributed by atoms with Gasteiger partial charge in [-0.1, -0.05) is 6.07 Å². The molecule has 0 atom stereocenters. The number of ether oxygens (including phenoxy) is 1. The van der Waals surface area contributed by atoms with Gasteiger partial charge in [0.05, 0.1) is 21.8 Å². The quantitative estimate of drug-likeness (QED) is 0.604. The molecule has 3 aromatic rings. The van der Waals surface area contributed by atoms with Gasteiger partial charge in [0.2, 0.25) is 15.8 Å². The lowest BCUT2D eigenvalue weighted by molar-refractivity contribution is 0.104. The van der Waals surface area contributed by atoms with Gasteiger partial charge in [0, 0.05) is 11.4 Å². The average Bonchev–Trinajstić information content (AvgIpc) is 3.31. The summed E-state index contributed by atoms with van der Waals surface area (Å²) in [5.41, 5.74) is 0.608. The zero-order valence-electron chi connectivity index (χ0n) is 14.2. The van der Waals surface area contributed by atoms with Crippen LogP contribution in [-0.4, -0.2) is 21.3 Å². The molecule has 26 heavy (non-hydrogen) atoms. The number of hydrogen-bond acceptors (Lipinski definition) is 6. The summed E-state index contributed by atoms with van der Waals surface area (Å²) < 4.78 is 32.8. The summed E-state index contributed by atoms with van der Waals surface area (Å²) in [6, 6.07) is 11.9. The van der Waals surface area contributed by atoms with Gasteiger partial charge < -0.3 is 4.74 Å². The zero-order valence-corrected chi connectivity index (χ0v) is 16.6. The van der Waals surface area contributed by atoms with E-state index in [1.54, 1.807) is 37.3 Å². The van der Waals surface area contributed by atoms with E-state index in [0.717, 1.165) is 4.88 Å². The lowest BCUT2D eigenvalue weighted by Gasteiger charge is -2.10. The molecule has 0 amide bonds. The van der Waals surface area contributed by atoms with Crippen molar-refractivity contribution in [2.45, 2.75) is 18.4 Å². The summed E-state index contributed by atoms with van der Waals surface area (Å²) in [5.74, 6) is 0.571. The molecule has 0 aliphatic rings. The Morgan fingerprint density at radius 1 is 1.15 bits per heavy atom. The predicted octanol–water partition coefficient (Wildman–Crippen LogP) is 3.84. The van der Waals surface area contributed by atoms with Gasteiger partial charge in [-0.15, -0.1) is 22.7 Å². The molecule has 0 bridgehead atoms. The first kappa shape index (κ1) is 18.8. The van der Waals surface area contributed by atoms with Gasteiger partial charge in [0.25, 0.3) is 0 Å². The van der Waals surface area contributed by atoms with Crippen molar-refractivity contribution in [2.24, 2.45) is 0 Å². The minimum absolute atomic E-state index is 0.0369. The molecule has 0 fully saturated rings. The predicted molar refractivity (Wildman–Crippen MR) is 104 cm³/mol. The molecule has 0 unspecified atom stereocenters. The van der Waals surface area contributed by atoms with Crippen LogP contribution in [0, 0.1) is 6.92 Å². The normalized spacial score (nSPS) is 11.5. The van der Waals surface area contributed by atoms with Gasteiger partial charge in [0.15, 0.2) is 0 Å². The van der Waals surface area contributed by atoms with Crippen LogP contribution < -0.4 is 9.46 Å². The van der Waals surface area contributed by atoms with Crippen LogP contribution in [0.3, 0.4) is 0 Å². The number of ketones is 1. The molecule has 3 rings (SSSR count). The summed E-state index contributed by atoms with van der Waals surface area (Å²) in [7, 11) is -2.12. The van der Waals surface area contributed by atoms with Crippen molar-refractivity contribution in [2.75, 3.05) is 7.11 Å². The van der Waals surface area contributed by atoms with Crippen LogP contribution in [0.15, 0.2) is 52.7 Å². The molecule has 0 spiro atoms. The molecule has 2 heterocycles. The molecule has 5 nitrogen and oxygen atoms in total. The number of hydrogen-bond donors (Lipinski definition) is 1. The van der Waals surface area contributed by atoms with E-state index in [4.69, 9.17) is 4.74 Å². The highest BCUT2D eigenvalue weighted by molar-refractivity contribution is 7.89. The number of aryl methyl sites for hydroxylation is 1. The highest BCUT2D eigenvalue weighted by Crippen LogP contribution is 2.24. The highest BCUT2D eigenvalue weighted by atomic mass is 32.2. The molecule has 136 valence electrons. The molecule has 0 aliphatic heterocycles. The summed E-state index contributed by atoms with van der Waals surface area (Å²) in [4.78, 5) is 14.6. The number of carbonyl (C=O) groups is 1. The lowest BCUT2D eigenvalue weighted by atomic mass is 10.2. The Bertz CT molecular complexity index is 1020. The SMILES string of the molecule is COc1ccc(S(=O)(=O)NCc2ccc(C(=O)c3cccs3)s2)c(C)c1. The number of methoxy groups -OCH3 is 1. The van der Waals surface area contributed by atoms with E-state index in [1.165, 1.54) is 35.8 Å². The Kier molecular flexibility index (Phi) is 5.57. The largest absolute Gasteiger partial charge is 0.497 e. The van der Waals surface area contributed by atoms with Gasteiger partial charge in [-0.2, -0.15) is 0 Å². The van der Waals surface area contributed by atoms with Crippen LogP contribution in [-0.2, 0) is 16.6 Å². The lowest BCUT2D eigenvalue weighted by Crippen LogP contribution is -2.23. The number of carbonyl (C=O) groups excluding carboxylic acids is 1. The van der Waals surface area contributed by atoms with E-state index in [2.05, 4.69) is 4.72 Å². The van der Waals surface area contributed by atoms with Crippen LogP contribution in [0.2, 0.25) is 0 Å². The van der Waals surface area contributed by atoms with Gasteiger partial charge in [-0.05, 0) is 54.3 Å². The molecular formula is C18H17NO4S3. The van der Waals surface area contributed by atoms with Crippen LogP contribution in [0.5, 0.6) is 5.75 Å². The van der Waals surface area contributed by atoms with E-state index < -0.39 is 10.0 Å². The fourth-order valence-electron chi connectivity index (χ4n) is 2.42. The van der Waals surface area contributed by atoms with Crippen molar-refractivity contribution >= 4 is 38.5 Å². The van der Waals surface area contributed by atoms with Crippen molar-refractivity contribution in [3.63, 3.8) is 0 Å². The fourth-order valence-corrected chi connectivity index (χ4v) is 5.38. The van der Waals surface area contributed by atoms with Gasteiger partial charge in [0.1, 0.15) is 5.75 Å². The molecule has 1 aromatic carbocycles. The minimum atomic E-state index is -3.65. The average molecular weight is 408 g/mol. The van der Waals surface area contributed by atoms with E-state index in [-0.39, 0.29) is 17.2 Å². The first-order chi connectivity index (χ1) is 12.4. The number of nitrogens with one attached hydrogen (secondary N) is 1. The third kappa shape index (κ3) is 4.04. The Balaban J connectivity index is 1.72. The molecule has 0 saturated heterocycles. The fraction of sp³-hybridized carbons (Fsp3) is 0.167. The van der Waals surface area contributed by atoms with Gasteiger partial charge in [-0.3, -0.25) is 4.79 Å². The second kappa shape index (κ2) is 7.71. The van der Waals surface area contributed by atoms with Gasteiger partial charge in [-0.25, -0.2) is 13.1 Å². The van der Waals surface area contributed by atoms with Crippen molar-refractivity contribution in [3.05, 3.63) is 68.0 Å². The van der Waals surface area contributed by atoms with Crippen molar-refractivity contribution in [3.8, 4) is 5.75 Å². The van der Waals surface area contributed by atoms with Crippen LogP contribution in [0.1, 0.15) is 25.0 Å². The molecule has 2 aromatic heterocycles. The maximum absolute atomic E-state index is 12.5. The molecule has 0 aliphatic carbocycles. The topological polar surface area (TPSA) is 72.5 Å². The van der Waals surface area contributed by atoms with E-state index >= 15 is 0 Å². The molecule has 0 radical (unpaired) electrons. The first-order valence-corrected chi connectivity index (χ1v) is 10.9. The number of thiophene rings is 2. The van der Waals surface area contributed by atoms with Crippen molar-refractivity contribution in [1.82, 2.24) is 4.72 Å². The number of rotatable bonds is 7. The number of benzene rings is 1. The Morgan fingerprint density at radius 2 is 1.96 bits per heavy atom. The van der Waals surface area contributed by atoms with Crippen LogP contribution >= 0.6 is 22.7 Å². The maximum Gasteiger partial charge on any atom is 0.241 e. The van der Waals surface area contributed by atoms with Crippen molar-refractivity contribution < 1.29 is 17.9 Å². The minimum Gasteiger partial charge on any atom is -0.497 e. The summed E-state index contributed by atoms with van der Waals surface area (Å²) in [6.07, 6.45) is 0. The molecule has 1 N–H and O–H groups in total. The summed E-state index contributed by atoms with van der Waals surface area (Å²) in [6.45, 7) is 1.86. The van der Waals surface area contributed by atoms with E-state index in [0.29, 0.717) is 21.1 Å². The summed E-state index contributed by atoms with van der Waals surface area (Å²) >= 11 is 2.69. The third-order valence-corrected chi connectivity index (χ3v) is 7.25. The second-order valence-electron chi connectivity index (χ2n) is 5.53. The van der Waals surface area contributed by atoms with Gasteiger partial charge >= 0.3 is 0 Å². The zero-order chi connectivity index (χ0) is 18.7. The second-order valence-corrected chi connectivity index (χ2v) is 9.38. The van der Waals surface area contributed by atoms with E-state index in [1.807, 2.05) is 11.4 Å². The Hall–Kier alpha value is -2.00. The van der Waals surface area contributed by atoms with Crippen molar-refractivity contribution in [1.29, 1.82) is 0 Å². The standard InChI is InChI=1S/C18H17NO4S3/c1-12-10-13(23-2)5-8-17(12)26(21,22)19-11-14-6-7-16(25-14)18(20)15-4-3-9-24-15/h3-10,19H,11H2,1-2H3. The highest BCUT2D eigenvalue weighted by Gasteiger charge is 2.18.